The molecule has 0 radical (unpaired) electrons. The summed E-state index contributed by atoms with van der Waals surface area (Å²) in [5, 5.41) is 3.75. The van der Waals surface area contributed by atoms with Gasteiger partial charge in [0.2, 0.25) is 0 Å². The molecule has 0 aliphatic heterocycles. The minimum atomic E-state index is -0.364. The van der Waals surface area contributed by atoms with Gasteiger partial charge in [0.25, 0.3) is 5.91 Å². The Balaban J connectivity index is 2.70. The minimum Gasteiger partial charge on any atom is -0.267 e. The molecule has 1 rings (SSSR count). The maximum absolute atomic E-state index is 12.5. The summed E-state index contributed by atoms with van der Waals surface area (Å²) in [7, 11) is 0. The number of amides is 1. The Bertz CT molecular complexity index is 353. The first-order chi connectivity index (χ1) is 6.59. The van der Waals surface area contributed by atoms with E-state index in [1.807, 2.05) is 0 Å². The number of benzene rings is 1. The van der Waals surface area contributed by atoms with Crippen LogP contribution in [0.25, 0.3) is 0 Å². The van der Waals surface area contributed by atoms with Gasteiger partial charge in [-0.1, -0.05) is 0 Å². The van der Waals surface area contributed by atoms with Crippen LogP contribution in [0.4, 0.5) is 4.39 Å². The van der Waals surface area contributed by atoms with Gasteiger partial charge in [0.15, 0.2) is 0 Å². The molecule has 74 valence electrons. The predicted molar refractivity (Wildman–Crippen MR) is 52.6 cm³/mol. The van der Waals surface area contributed by atoms with E-state index in [0.29, 0.717) is 5.56 Å². The van der Waals surface area contributed by atoms with Gasteiger partial charge in [0, 0.05) is 11.3 Å². The molecule has 0 fully saturated rings. The number of hydrogen-bond acceptors (Lipinski definition) is 2. The lowest BCUT2D eigenvalue weighted by Gasteiger charge is -1.99. The second kappa shape index (κ2) is 4.50. The molecule has 0 aliphatic rings. The summed E-state index contributed by atoms with van der Waals surface area (Å²) >= 11 is 0. The summed E-state index contributed by atoms with van der Waals surface area (Å²) in [6.45, 7) is 3.54. The highest BCUT2D eigenvalue weighted by Gasteiger charge is 2.03. The summed E-state index contributed by atoms with van der Waals surface area (Å²) in [4.78, 5) is 11.3. The van der Waals surface area contributed by atoms with E-state index in [1.54, 1.807) is 13.8 Å². The zero-order valence-electron chi connectivity index (χ0n) is 8.04. The fraction of sp³-hybridized carbons (Fsp3) is 0.200. The third kappa shape index (κ3) is 2.97. The molecule has 0 heterocycles. The second-order valence-electron chi connectivity index (χ2n) is 3.01. The predicted octanol–water partition coefficient (Wildman–Crippen LogP) is 1.95. The van der Waals surface area contributed by atoms with E-state index in [1.165, 1.54) is 24.3 Å². The molecule has 1 aromatic carbocycles. The smallest absolute Gasteiger partial charge is 0.267 e. The second-order valence-corrected chi connectivity index (χ2v) is 3.01. The van der Waals surface area contributed by atoms with E-state index in [2.05, 4.69) is 10.5 Å². The van der Waals surface area contributed by atoms with E-state index in [-0.39, 0.29) is 11.7 Å². The van der Waals surface area contributed by atoms with Gasteiger partial charge in [0.05, 0.1) is 0 Å². The van der Waals surface area contributed by atoms with Crippen LogP contribution in [0.15, 0.2) is 29.4 Å². The molecule has 0 atom stereocenters. The molecule has 0 aliphatic carbocycles. The van der Waals surface area contributed by atoms with E-state index in [4.69, 9.17) is 0 Å². The van der Waals surface area contributed by atoms with Crippen LogP contribution in [-0.4, -0.2) is 11.6 Å². The fourth-order valence-corrected chi connectivity index (χ4v) is 0.828. The van der Waals surface area contributed by atoms with E-state index in [0.717, 1.165) is 5.71 Å². The van der Waals surface area contributed by atoms with Gasteiger partial charge in [-0.25, -0.2) is 9.82 Å². The molecule has 1 N–H and O–H groups in total. The average Bonchev–Trinajstić information content (AvgIpc) is 2.15. The minimum absolute atomic E-state index is 0.341. The van der Waals surface area contributed by atoms with Crippen molar-refractivity contribution in [2.45, 2.75) is 13.8 Å². The average molecular weight is 194 g/mol. The van der Waals surface area contributed by atoms with E-state index < -0.39 is 0 Å². The van der Waals surface area contributed by atoms with Crippen LogP contribution in [-0.2, 0) is 0 Å². The summed E-state index contributed by atoms with van der Waals surface area (Å²) in [6, 6.07) is 5.28. The Morgan fingerprint density at radius 1 is 1.29 bits per heavy atom. The number of rotatable bonds is 2. The Labute approximate surface area is 81.6 Å². The van der Waals surface area contributed by atoms with Crippen molar-refractivity contribution in [1.29, 1.82) is 0 Å². The standard InChI is InChI=1S/C10H11FN2O/c1-7(2)12-13-10(14)8-3-5-9(11)6-4-8/h3-6H,1-2H3,(H,13,14). The number of hydrazone groups is 1. The summed E-state index contributed by atoms with van der Waals surface area (Å²) in [5.74, 6) is -0.706. The molecule has 4 heteroatoms. The lowest BCUT2D eigenvalue weighted by molar-refractivity contribution is 0.0954. The zero-order chi connectivity index (χ0) is 10.6. The van der Waals surface area contributed by atoms with Crippen molar-refractivity contribution in [2.24, 2.45) is 5.10 Å². The quantitative estimate of drug-likeness (QED) is 0.567. The first-order valence-electron chi connectivity index (χ1n) is 4.16. The molecule has 0 saturated carbocycles. The first-order valence-corrected chi connectivity index (χ1v) is 4.16. The van der Waals surface area contributed by atoms with Crippen LogP contribution in [0.2, 0.25) is 0 Å². The van der Waals surface area contributed by atoms with Gasteiger partial charge < -0.3 is 0 Å². The molecule has 0 bridgehead atoms. The van der Waals surface area contributed by atoms with Crippen molar-refractivity contribution in [3.63, 3.8) is 0 Å². The van der Waals surface area contributed by atoms with Crippen LogP contribution >= 0.6 is 0 Å². The van der Waals surface area contributed by atoms with Crippen molar-refractivity contribution in [2.75, 3.05) is 0 Å². The van der Waals surface area contributed by atoms with Gasteiger partial charge in [-0.15, -0.1) is 0 Å². The lowest BCUT2D eigenvalue weighted by atomic mass is 10.2. The number of nitrogens with one attached hydrogen (secondary N) is 1. The molecule has 0 saturated heterocycles. The molecule has 3 nitrogen and oxygen atoms in total. The highest BCUT2D eigenvalue weighted by molar-refractivity contribution is 5.94. The van der Waals surface area contributed by atoms with Gasteiger partial charge in [0.1, 0.15) is 5.82 Å². The number of halogens is 1. The largest absolute Gasteiger partial charge is 0.271 e. The monoisotopic (exact) mass is 194 g/mol. The summed E-state index contributed by atoms with van der Waals surface area (Å²) < 4.78 is 12.5. The zero-order valence-corrected chi connectivity index (χ0v) is 8.04. The SMILES string of the molecule is CC(C)=NNC(=O)c1ccc(F)cc1. The molecule has 0 unspecified atom stereocenters. The summed E-state index contributed by atoms with van der Waals surface area (Å²) in [6.07, 6.45) is 0. The molecular formula is C10H11FN2O. The molecule has 14 heavy (non-hydrogen) atoms. The third-order valence-electron chi connectivity index (χ3n) is 1.49. The van der Waals surface area contributed by atoms with Crippen LogP contribution in [0.5, 0.6) is 0 Å². The van der Waals surface area contributed by atoms with Gasteiger partial charge in [-0.05, 0) is 38.1 Å². The third-order valence-corrected chi connectivity index (χ3v) is 1.49. The summed E-state index contributed by atoms with van der Waals surface area (Å²) in [5.41, 5.74) is 3.48. The number of carbonyl (C=O) groups excluding carboxylic acids is 1. The number of hydrogen-bond donors (Lipinski definition) is 1. The van der Waals surface area contributed by atoms with Crippen LogP contribution in [0.3, 0.4) is 0 Å². The maximum Gasteiger partial charge on any atom is 0.271 e. The highest BCUT2D eigenvalue weighted by atomic mass is 19.1. The molecule has 0 aromatic heterocycles. The van der Waals surface area contributed by atoms with Gasteiger partial charge >= 0.3 is 0 Å². The van der Waals surface area contributed by atoms with Crippen LogP contribution in [0.1, 0.15) is 24.2 Å². The van der Waals surface area contributed by atoms with Crippen molar-refractivity contribution in [1.82, 2.24) is 5.43 Å². The van der Waals surface area contributed by atoms with Crippen molar-refractivity contribution in [3.8, 4) is 0 Å². The molecule has 1 amide bonds. The van der Waals surface area contributed by atoms with E-state index in [9.17, 15) is 9.18 Å². The van der Waals surface area contributed by atoms with Crippen molar-refractivity contribution >= 4 is 11.6 Å². The van der Waals surface area contributed by atoms with Crippen LogP contribution < -0.4 is 5.43 Å². The fourth-order valence-electron chi connectivity index (χ4n) is 0.828. The molecule has 0 spiro atoms. The van der Waals surface area contributed by atoms with Gasteiger partial charge in [-0.3, -0.25) is 4.79 Å². The maximum atomic E-state index is 12.5. The lowest BCUT2D eigenvalue weighted by Crippen LogP contribution is -2.18. The Morgan fingerprint density at radius 3 is 2.36 bits per heavy atom. The van der Waals surface area contributed by atoms with Crippen molar-refractivity contribution in [3.05, 3.63) is 35.6 Å². The molecule has 1 aromatic rings. The Hall–Kier alpha value is -1.71. The van der Waals surface area contributed by atoms with Gasteiger partial charge in [-0.2, -0.15) is 5.10 Å². The Kier molecular flexibility index (Phi) is 3.34. The number of nitrogens with zero attached hydrogens (tertiary/aromatic N) is 1. The van der Waals surface area contributed by atoms with Crippen molar-refractivity contribution < 1.29 is 9.18 Å². The first kappa shape index (κ1) is 10.4. The highest BCUT2D eigenvalue weighted by Crippen LogP contribution is 2.02. The van der Waals surface area contributed by atoms with E-state index >= 15 is 0 Å². The number of carbonyl (C=O) groups is 1. The van der Waals surface area contributed by atoms with Crippen LogP contribution in [0, 0.1) is 5.82 Å². The normalized spacial score (nSPS) is 9.36. The Morgan fingerprint density at radius 2 is 1.86 bits per heavy atom. The molecular weight excluding hydrogens is 183 g/mol. The topological polar surface area (TPSA) is 41.5 Å².